The lowest BCUT2D eigenvalue weighted by atomic mass is 9.79. The van der Waals surface area contributed by atoms with Crippen LogP contribution in [0.3, 0.4) is 0 Å². The summed E-state index contributed by atoms with van der Waals surface area (Å²) < 4.78 is 10.5. The lowest BCUT2D eigenvalue weighted by Crippen LogP contribution is -2.64. The van der Waals surface area contributed by atoms with Crippen molar-refractivity contribution in [2.24, 2.45) is 5.92 Å². The molecular formula is C19H38O11. The number of aliphatic hydroxyl groups is 9. The predicted octanol–water partition coefficient (Wildman–Crippen LogP) is -3.53. The first-order valence-electron chi connectivity index (χ1n) is 10.2. The minimum absolute atomic E-state index is 0.158. The minimum atomic E-state index is -1.57. The van der Waals surface area contributed by atoms with Gasteiger partial charge in [0.2, 0.25) is 0 Å². The van der Waals surface area contributed by atoms with Crippen molar-refractivity contribution in [3.8, 4) is 0 Å². The third-order valence-electron chi connectivity index (χ3n) is 5.38. The molecule has 12 atom stereocenters. The maximum absolute atomic E-state index is 9.79. The fourth-order valence-electron chi connectivity index (χ4n) is 3.56. The van der Waals surface area contributed by atoms with E-state index in [-0.39, 0.29) is 12.2 Å². The van der Waals surface area contributed by atoms with Crippen molar-refractivity contribution in [3.05, 3.63) is 0 Å². The second-order valence-corrected chi connectivity index (χ2v) is 8.57. The lowest BCUT2D eigenvalue weighted by Gasteiger charge is -2.43. The van der Waals surface area contributed by atoms with Crippen molar-refractivity contribution in [1.29, 1.82) is 0 Å². The summed E-state index contributed by atoms with van der Waals surface area (Å²) >= 11 is 0. The number of hydrogen-bond donors (Lipinski definition) is 9. The van der Waals surface area contributed by atoms with Gasteiger partial charge in [-0.2, -0.15) is 0 Å². The topological polar surface area (TPSA) is 201 Å². The Balaban J connectivity index is 0.000000300. The van der Waals surface area contributed by atoms with Crippen LogP contribution >= 0.6 is 0 Å². The summed E-state index contributed by atoms with van der Waals surface area (Å²) in [4.78, 5) is 0. The first kappa shape index (κ1) is 27.6. The molecule has 0 heterocycles. The molecule has 180 valence electrons. The van der Waals surface area contributed by atoms with Crippen LogP contribution in [0.4, 0.5) is 0 Å². The van der Waals surface area contributed by atoms with E-state index < -0.39 is 73.1 Å². The van der Waals surface area contributed by atoms with E-state index in [4.69, 9.17) is 9.47 Å². The molecule has 2 fully saturated rings. The van der Waals surface area contributed by atoms with Gasteiger partial charge in [0.25, 0.3) is 0 Å². The molecule has 0 amide bonds. The molecule has 11 nitrogen and oxygen atoms in total. The summed E-state index contributed by atoms with van der Waals surface area (Å²) in [5.74, 6) is -0.521. The fourth-order valence-corrected chi connectivity index (χ4v) is 3.56. The molecule has 11 heteroatoms. The zero-order valence-electron chi connectivity index (χ0n) is 17.9. The predicted molar refractivity (Wildman–Crippen MR) is 103 cm³/mol. The number of aliphatic hydroxyl groups excluding tert-OH is 9. The van der Waals surface area contributed by atoms with Gasteiger partial charge in [-0.1, -0.05) is 6.92 Å². The van der Waals surface area contributed by atoms with Crippen LogP contribution in [0.5, 0.6) is 0 Å². The molecule has 8 unspecified atom stereocenters. The van der Waals surface area contributed by atoms with E-state index >= 15 is 0 Å². The van der Waals surface area contributed by atoms with Crippen molar-refractivity contribution in [1.82, 2.24) is 0 Å². The Kier molecular flexibility index (Phi) is 10.5. The molecular weight excluding hydrogens is 404 g/mol. The quantitative estimate of drug-likeness (QED) is 0.209. The minimum Gasteiger partial charge on any atom is -0.390 e. The molecule has 30 heavy (non-hydrogen) atoms. The van der Waals surface area contributed by atoms with Gasteiger partial charge in [-0.25, -0.2) is 0 Å². The van der Waals surface area contributed by atoms with Gasteiger partial charge in [-0.3, -0.25) is 0 Å². The molecule has 0 aromatic rings. The molecule has 2 rings (SSSR count). The normalized spacial score (nSPS) is 47.2. The highest BCUT2D eigenvalue weighted by Gasteiger charge is 2.49. The highest BCUT2D eigenvalue weighted by Crippen LogP contribution is 2.28. The van der Waals surface area contributed by atoms with Gasteiger partial charge in [0.1, 0.15) is 54.9 Å². The van der Waals surface area contributed by atoms with Crippen LogP contribution in [0.25, 0.3) is 0 Å². The largest absolute Gasteiger partial charge is 0.390 e. The van der Waals surface area contributed by atoms with Gasteiger partial charge in [-0.05, 0) is 27.7 Å². The van der Waals surface area contributed by atoms with E-state index in [0.717, 1.165) is 0 Å². The van der Waals surface area contributed by atoms with E-state index in [1.54, 1.807) is 34.6 Å². The Labute approximate surface area is 176 Å². The van der Waals surface area contributed by atoms with E-state index in [9.17, 15) is 46.0 Å². The SMILES string of the molecule is CC(C)OC1C(O)C(O)C(O)[C@H](O)C1O.CC(C)O[C@@H]1C(O)[C@H](C)C(O)C(O)[C@@H]1O. The third-order valence-corrected chi connectivity index (χ3v) is 5.38. The second-order valence-electron chi connectivity index (χ2n) is 8.57. The Morgan fingerprint density at radius 3 is 1.03 bits per heavy atom. The van der Waals surface area contributed by atoms with Crippen molar-refractivity contribution >= 4 is 0 Å². The van der Waals surface area contributed by atoms with Gasteiger partial charge in [0.15, 0.2) is 0 Å². The monoisotopic (exact) mass is 442 g/mol. The van der Waals surface area contributed by atoms with Crippen LogP contribution in [-0.2, 0) is 9.47 Å². The standard InChI is InChI=1S/C10H20O5.C9H18O6/c1-4(2)15-10-7(12)5(3)6(11)8(13)9(10)14;1-3(2)15-9-7(13)5(11)4(10)6(12)8(9)14/h4-14H,1-3H3;3-14H,1-2H3/t5-,6?,7?,8?,9+,10-;4?,5-,6?,7?,8?,9?/m10/s1. The van der Waals surface area contributed by atoms with Crippen LogP contribution in [-0.4, -0.2) is 125 Å². The van der Waals surface area contributed by atoms with Crippen LogP contribution in [0.15, 0.2) is 0 Å². The summed E-state index contributed by atoms with van der Waals surface area (Å²) in [6, 6.07) is 0. The number of ether oxygens (including phenoxy) is 2. The van der Waals surface area contributed by atoms with E-state index in [0.29, 0.717) is 0 Å². The average molecular weight is 443 g/mol. The molecule has 0 aliphatic heterocycles. The van der Waals surface area contributed by atoms with Crippen molar-refractivity contribution in [2.45, 2.75) is 114 Å². The van der Waals surface area contributed by atoms with Crippen LogP contribution in [0.1, 0.15) is 34.6 Å². The van der Waals surface area contributed by atoms with Gasteiger partial charge < -0.3 is 55.4 Å². The first-order chi connectivity index (χ1) is 13.7. The molecule has 2 aliphatic rings. The Morgan fingerprint density at radius 2 is 0.700 bits per heavy atom. The van der Waals surface area contributed by atoms with Crippen molar-refractivity contribution in [3.63, 3.8) is 0 Å². The maximum atomic E-state index is 9.79. The Morgan fingerprint density at radius 1 is 0.433 bits per heavy atom. The molecule has 2 aliphatic carbocycles. The lowest BCUT2D eigenvalue weighted by molar-refractivity contribution is -0.242. The zero-order chi connectivity index (χ0) is 23.5. The van der Waals surface area contributed by atoms with Gasteiger partial charge in [0, 0.05) is 5.92 Å². The highest BCUT2D eigenvalue weighted by molar-refractivity contribution is 4.99. The van der Waals surface area contributed by atoms with Gasteiger partial charge in [-0.15, -0.1) is 0 Å². The van der Waals surface area contributed by atoms with E-state index in [1.807, 2.05) is 0 Å². The van der Waals surface area contributed by atoms with Gasteiger partial charge >= 0.3 is 0 Å². The first-order valence-corrected chi connectivity index (χ1v) is 10.2. The molecule has 0 aromatic heterocycles. The smallest absolute Gasteiger partial charge is 0.115 e. The summed E-state index contributed by atoms with van der Waals surface area (Å²) in [6.45, 7) is 8.57. The molecule has 9 N–H and O–H groups in total. The summed E-state index contributed by atoms with van der Waals surface area (Å²) in [5, 5.41) is 85.6. The van der Waals surface area contributed by atoms with Crippen LogP contribution in [0.2, 0.25) is 0 Å². The van der Waals surface area contributed by atoms with Crippen LogP contribution < -0.4 is 0 Å². The fraction of sp³-hybridized carbons (Fsp3) is 1.00. The van der Waals surface area contributed by atoms with E-state index in [1.165, 1.54) is 0 Å². The summed E-state index contributed by atoms with van der Waals surface area (Å²) in [6.07, 6.45) is -14.4. The van der Waals surface area contributed by atoms with Crippen LogP contribution in [0, 0.1) is 5.92 Å². The maximum Gasteiger partial charge on any atom is 0.115 e. The zero-order valence-corrected chi connectivity index (χ0v) is 17.9. The molecule has 0 bridgehead atoms. The van der Waals surface area contributed by atoms with E-state index in [2.05, 4.69) is 0 Å². The number of rotatable bonds is 4. The average Bonchev–Trinajstić information content (AvgIpc) is 2.68. The Bertz CT molecular complexity index is 429. The van der Waals surface area contributed by atoms with Crippen molar-refractivity contribution < 1.29 is 55.4 Å². The molecule has 2 saturated carbocycles. The molecule has 0 radical (unpaired) electrons. The molecule has 0 spiro atoms. The molecule has 0 aromatic carbocycles. The Hall–Kier alpha value is -0.440. The highest BCUT2D eigenvalue weighted by atomic mass is 16.5. The second kappa shape index (κ2) is 11.4. The summed E-state index contributed by atoms with van der Waals surface area (Å²) in [5.41, 5.74) is 0. The van der Waals surface area contributed by atoms with Gasteiger partial charge in [0.05, 0.1) is 24.4 Å². The van der Waals surface area contributed by atoms with Crippen molar-refractivity contribution in [2.75, 3.05) is 0 Å². The summed E-state index contributed by atoms with van der Waals surface area (Å²) in [7, 11) is 0. The third kappa shape index (κ3) is 6.30. The molecule has 0 saturated heterocycles. The number of hydrogen-bond acceptors (Lipinski definition) is 11.